The number of carbonyl (C=O) groups excluding carboxylic acids is 2. The van der Waals surface area contributed by atoms with Crippen molar-refractivity contribution in [2.75, 3.05) is 45.0 Å². The largest absolute Gasteiger partial charge is 0.471 e. The molecule has 2 fully saturated rings. The average Bonchev–Trinajstić information content (AvgIpc) is 3.33. The number of likely N-dealkylation sites (tertiary alicyclic amines) is 1. The molecule has 0 N–H and O–H groups in total. The number of piperazine rings is 1. The average molecular weight is 655 g/mol. The summed E-state index contributed by atoms with van der Waals surface area (Å²) in [7, 11) is 0. The Hall–Kier alpha value is -3.06. The molecule has 0 atom stereocenters. The predicted octanol–water partition coefficient (Wildman–Crippen LogP) is 5.64. The molecule has 0 aliphatic carbocycles. The summed E-state index contributed by atoms with van der Waals surface area (Å²) in [4.78, 5) is 29.9. The van der Waals surface area contributed by atoms with Crippen molar-refractivity contribution in [2.24, 2.45) is 0 Å². The van der Waals surface area contributed by atoms with Gasteiger partial charge in [0.15, 0.2) is 5.69 Å². The maximum Gasteiger partial charge on any atom is 0.471 e. The number of thioether (sulfide) groups is 1. The zero-order valence-electron chi connectivity index (χ0n) is 22.6. The van der Waals surface area contributed by atoms with Crippen molar-refractivity contribution < 1.29 is 27.2 Å². The molecule has 14 heteroatoms. The summed E-state index contributed by atoms with van der Waals surface area (Å²) < 4.78 is 53.6. The van der Waals surface area contributed by atoms with Crippen LogP contribution in [0.2, 0.25) is 10.0 Å². The van der Waals surface area contributed by atoms with E-state index in [4.69, 9.17) is 28.3 Å². The molecule has 3 aliphatic rings. The van der Waals surface area contributed by atoms with Gasteiger partial charge in [-0.05, 0) is 47.5 Å². The zero-order valence-corrected chi connectivity index (χ0v) is 24.9. The highest BCUT2D eigenvalue weighted by Crippen LogP contribution is 2.39. The summed E-state index contributed by atoms with van der Waals surface area (Å²) in [5.74, 6) is -1.20. The van der Waals surface area contributed by atoms with Crippen LogP contribution in [-0.4, -0.2) is 93.5 Å². The Bertz CT molecular complexity index is 1600. The number of hydrogen-bond donors (Lipinski definition) is 0. The van der Waals surface area contributed by atoms with Crippen molar-refractivity contribution in [3.63, 3.8) is 0 Å². The van der Waals surface area contributed by atoms with Gasteiger partial charge < -0.3 is 9.80 Å². The highest BCUT2D eigenvalue weighted by atomic mass is 35.5. The Balaban J connectivity index is 1.25. The topological polar surface area (TPSA) is 61.7 Å². The van der Waals surface area contributed by atoms with Crippen LogP contribution in [-0.2, 0) is 10.5 Å². The molecule has 0 bridgehead atoms. The molecule has 0 unspecified atom stereocenters. The fourth-order valence-electron chi connectivity index (χ4n) is 5.59. The first kappa shape index (κ1) is 30.0. The number of rotatable bonds is 4. The second-order valence-electron chi connectivity index (χ2n) is 10.6. The summed E-state index contributed by atoms with van der Waals surface area (Å²) in [5, 5.41) is 5.59. The van der Waals surface area contributed by atoms with Gasteiger partial charge in [-0.15, -0.1) is 0 Å². The summed E-state index contributed by atoms with van der Waals surface area (Å²) >= 11 is 14.4. The minimum Gasteiger partial charge on any atom is -0.334 e. The molecule has 3 aliphatic heterocycles. The summed E-state index contributed by atoms with van der Waals surface area (Å²) in [6.45, 7) is 1.40. The van der Waals surface area contributed by atoms with E-state index in [1.54, 1.807) is 51.7 Å². The highest BCUT2D eigenvalue weighted by molar-refractivity contribution is 7.99. The van der Waals surface area contributed by atoms with Crippen LogP contribution in [0.5, 0.6) is 0 Å². The molecule has 3 aromatic rings. The summed E-state index contributed by atoms with van der Waals surface area (Å²) in [6.07, 6.45) is -2.93. The maximum atomic E-state index is 13.8. The Morgan fingerprint density at radius 3 is 2.30 bits per heavy atom. The number of hydrogen-bond acceptors (Lipinski definition) is 5. The molecule has 0 spiro atoms. The Kier molecular flexibility index (Phi) is 8.22. The van der Waals surface area contributed by atoms with Gasteiger partial charge in [0.1, 0.15) is 5.82 Å². The van der Waals surface area contributed by atoms with E-state index in [0.29, 0.717) is 59.1 Å². The molecular weight excluding hydrogens is 629 g/mol. The van der Waals surface area contributed by atoms with E-state index in [9.17, 15) is 27.2 Å². The van der Waals surface area contributed by atoms with Crippen LogP contribution in [0, 0.1) is 5.82 Å². The van der Waals surface area contributed by atoms with E-state index in [0.717, 1.165) is 27.3 Å². The number of benzene rings is 2. The smallest absolute Gasteiger partial charge is 0.334 e. The molecule has 0 radical (unpaired) electrons. The van der Waals surface area contributed by atoms with Crippen molar-refractivity contribution in [2.45, 2.75) is 18.0 Å². The van der Waals surface area contributed by atoms with Crippen LogP contribution in [0.3, 0.4) is 0 Å². The number of fused-ring (bicyclic) bond motifs is 1. The Labute approximate surface area is 259 Å². The summed E-state index contributed by atoms with van der Waals surface area (Å²) in [5.41, 5.74) is 4.09. The van der Waals surface area contributed by atoms with Crippen LogP contribution >= 0.6 is 35.0 Å². The predicted molar refractivity (Wildman–Crippen MR) is 158 cm³/mol. The molecule has 2 amide bonds. The molecule has 4 heterocycles. The van der Waals surface area contributed by atoms with Gasteiger partial charge in [0.25, 0.3) is 5.91 Å². The standard InChI is InChI=1S/C29H25Cl2F4N5O2S/c30-19-3-6-24(23(31)12-19)40-26-18(11-17-1-4-20(32)5-2-17)15-43-16-22(26)25(36-40)27(41)39-13-21(14-39)37-7-9-38(10-8-37)28(42)29(33,34)35/h1-6,11-12,21H,7-10,13-16H2. The Morgan fingerprint density at radius 1 is 0.953 bits per heavy atom. The van der Waals surface area contributed by atoms with Gasteiger partial charge in [-0.2, -0.15) is 30.0 Å². The fourth-order valence-corrected chi connectivity index (χ4v) is 7.10. The number of amides is 2. The van der Waals surface area contributed by atoms with E-state index in [-0.39, 0.29) is 30.9 Å². The molecule has 226 valence electrons. The molecule has 7 nitrogen and oxygen atoms in total. The highest BCUT2D eigenvalue weighted by Gasteiger charge is 2.45. The number of nitrogens with zero attached hydrogens (tertiary/aromatic N) is 5. The molecule has 2 saturated heterocycles. The lowest BCUT2D eigenvalue weighted by Gasteiger charge is -2.48. The number of aromatic nitrogens is 2. The van der Waals surface area contributed by atoms with E-state index in [2.05, 4.69) is 0 Å². The first-order valence-corrected chi connectivity index (χ1v) is 15.4. The van der Waals surface area contributed by atoms with Gasteiger partial charge >= 0.3 is 12.1 Å². The fraction of sp³-hybridized carbons (Fsp3) is 0.345. The third-order valence-corrected chi connectivity index (χ3v) is 9.40. The SMILES string of the molecule is O=C(c1nn(-c2ccc(Cl)cc2Cl)c2c1CSCC2=Cc1ccc(F)cc1)N1CC(N2CCN(C(=O)C(F)(F)F)CC2)C1. The van der Waals surface area contributed by atoms with Crippen LogP contribution in [0.4, 0.5) is 17.6 Å². The zero-order chi connectivity index (χ0) is 30.5. The second-order valence-corrected chi connectivity index (χ2v) is 12.4. The quantitative estimate of drug-likeness (QED) is 0.341. The van der Waals surface area contributed by atoms with Gasteiger partial charge in [-0.3, -0.25) is 14.5 Å². The minimum atomic E-state index is -4.88. The Morgan fingerprint density at radius 2 is 1.65 bits per heavy atom. The number of halogens is 6. The van der Waals surface area contributed by atoms with Crippen LogP contribution in [0.15, 0.2) is 42.5 Å². The van der Waals surface area contributed by atoms with Crippen molar-refractivity contribution in [1.82, 2.24) is 24.5 Å². The van der Waals surface area contributed by atoms with Crippen molar-refractivity contribution in [1.29, 1.82) is 0 Å². The van der Waals surface area contributed by atoms with Crippen LogP contribution in [0.1, 0.15) is 27.3 Å². The van der Waals surface area contributed by atoms with Gasteiger partial charge in [-0.25, -0.2) is 9.07 Å². The number of carbonyl (C=O) groups is 2. The monoisotopic (exact) mass is 653 g/mol. The van der Waals surface area contributed by atoms with Gasteiger partial charge in [0, 0.05) is 67.4 Å². The lowest BCUT2D eigenvalue weighted by atomic mass is 10.0. The van der Waals surface area contributed by atoms with Gasteiger partial charge in [-0.1, -0.05) is 35.3 Å². The van der Waals surface area contributed by atoms with Crippen molar-refractivity contribution in [3.05, 3.63) is 80.8 Å². The number of alkyl halides is 3. The van der Waals surface area contributed by atoms with Crippen molar-refractivity contribution >= 4 is 58.4 Å². The molecule has 43 heavy (non-hydrogen) atoms. The van der Waals surface area contributed by atoms with Crippen LogP contribution < -0.4 is 0 Å². The first-order valence-electron chi connectivity index (χ1n) is 13.5. The van der Waals surface area contributed by atoms with E-state index in [1.165, 1.54) is 12.1 Å². The lowest BCUT2D eigenvalue weighted by molar-refractivity contribution is -0.187. The maximum absolute atomic E-state index is 13.8. The normalized spacial score (nSPS) is 19.0. The van der Waals surface area contributed by atoms with Crippen LogP contribution in [0.25, 0.3) is 17.3 Å². The van der Waals surface area contributed by atoms with Crippen molar-refractivity contribution in [3.8, 4) is 5.69 Å². The molecule has 1 aromatic heterocycles. The first-order chi connectivity index (χ1) is 20.5. The third kappa shape index (κ3) is 6.02. The molecule has 6 rings (SSSR count). The van der Waals surface area contributed by atoms with E-state index < -0.39 is 12.1 Å². The lowest BCUT2D eigenvalue weighted by Crippen LogP contribution is -2.65. The van der Waals surface area contributed by atoms with Gasteiger partial charge in [0.05, 0.1) is 16.4 Å². The molecule has 0 saturated carbocycles. The van der Waals surface area contributed by atoms with Gasteiger partial charge in [0.2, 0.25) is 0 Å². The second kappa shape index (κ2) is 11.8. The van der Waals surface area contributed by atoms with E-state index in [1.807, 2.05) is 11.0 Å². The third-order valence-electron chi connectivity index (χ3n) is 7.85. The molecule has 2 aromatic carbocycles. The minimum absolute atomic E-state index is 0.0110. The summed E-state index contributed by atoms with van der Waals surface area (Å²) in [6, 6.07) is 11.2. The van der Waals surface area contributed by atoms with E-state index >= 15 is 0 Å². The molecular formula is C29H25Cl2F4N5O2S.